The molecule has 554 valence electrons. The molecule has 9 aromatic rings. The number of rotatable bonds is 15. The molecule has 25 nitrogen and oxygen atoms in total. The topological polar surface area (TPSA) is 294 Å². The second-order valence-corrected chi connectivity index (χ2v) is 45.1. The quantitative estimate of drug-likeness (QED) is 0.0411. The third kappa shape index (κ3) is 24.3. The van der Waals surface area contributed by atoms with Gasteiger partial charge in [-0.3, -0.25) is 10.2 Å². The zero-order chi connectivity index (χ0) is 71.9. The van der Waals surface area contributed by atoms with Crippen LogP contribution in [0.1, 0.15) is 101 Å². The lowest BCUT2D eigenvalue weighted by atomic mass is 9.78. The maximum absolute atomic E-state index is 12.6. The molecule has 6 N–H and O–H groups in total. The summed E-state index contributed by atoms with van der Waals surface area (Å²) in [5, 5.41) is 46.1. The van der Waals surface area contributed by atoms with Gasteiger partial charge < -0.3 is 58.9 Å². The van der Waals surface area contributed by atoms with E-state index in [1.165, 1.54) is 57.4 Å². The third-order valence-corrected chi connectivity index (χ3v) is 23.1. The van der Waals surface area contributed by atoms with Crippen LogP contribution in [-0.2, 0) is 84.3 Å². The molecule has 0 atom stereocenters. The molecule has 8 aromatic heterocycles. The van der Waals surface area contributed by atoms with E-state index >= 15 is 0 Å². The molecule has 0 spiro atoms. The molecule has 0 radical (unpaired) electrons. The number of nitrogens with zero attached hydrogens (tertiary/aromatic N) is 12. The van der Waals surface area contributed by atoms with Gasteiger partial charge in [-0.1, -0.05) is 71.8 Å². The van der Waals surface area contributed by atoms with Crippen molar-refractivity contribution < 1.29 is 43.4 Å². The Morgan fingerprint density at radius 3 is 1.66 bits per heavy atom. The molecule has 34 heteroatoms. The number of carbonyl (C=O) groups is 3. The van der Waals surface area contributed by atoms with Crippen LogP contribution >= 0.6 is 73.7 Å². The SMILES string of the molecule is Brc1ccns1.C.C.CC(C)(C)OC(=O)N1CCc2c(c(-c3ccns3)nn2COCC[Si](C)(C)C)C1.CC(C)(C)OC(=O)N1CCc2c(c(B(O)O)cn2COCC[Si](C)(C)C)C1.O=C(Nc1cccc(Cl)c1)N1CCc2[nH]nc(-c3ccns3)c2C1.c1cc(-c2n[nH]c3c2CNCC3)sn1. The van der Waals surface area contributed by atoms with Gasteiger partial charge in [-0.25, -0.2) is 36.6 Å². The predicted octanol–water partition coefficient (Wildman–Crippen LogP) is 14.5. The van der Waals surface area contributed by atoms with Crippen LogP contribution in [0.3, 0.4) is 0 Å². The van der Waals surface area contributed by atoms with Gasteiger partial charge in [-0.15, -0.1) is 0 Å². The molecule has 0 aliphatic carbocycles. The first-order chi connectivity index (χ1) is 47.5. The van der Waals surface area contributed by atoms with Gasteiger partial charge in [0, 0.05) is 174 Å². The summed E-state index contributed by atoms with van der Waals surface area (Å²) in [6.07, 6.45) is 11.3. The third-order valence-electron chi connectivity index (χ3n) is 16.0. The predicted molar refractivity (Wildman–Crippen MR) is 419 cm³/mol. The zero-order valence-corrected chi connectivity index (χ0v) is 66.4. The number of amides is 4. The first kappa shape index (κ1) is 82.8. The van der Waals surface area contributed by atoms with Crippen LogP contribution in [0.25, 0.3) is 31.7 Å². The molecule has 12 heterocycles. The highest BCUT2D eigenvalue weighted by Gasteiger charge is 2.34. The lowest BCUT2D eigenvalue weighted by Gasteiger charge is -2.31. The fourth-order valence-electron chi connectivity index (χ4n) is 10.9. The number of urea groups is 1. The molecule has 4 aliphatic heterocycles. The summed E-state index contributed by atoms with van der Waals surface area (Å²) in [6.45, 7) is 32.4. The van der Waals surface area contributed by atoms with Crippen LogP contribution in [0, 0.1) is 0 Å². The molecular weight excluding hydrogens is 1500 g/mol. The van der Waals surface area contributed by atoms with E-state index in [0.29, 0.717) is 81.9 Å². The maximum atomic E-state index is 12.6. The van der Waals surface area contributed by atoms with Crippen LogP contribution in [0.2, 0.25) is 56.4 Å². The fourth-order valence-corrected chi connectivity index (χ4v) is 15.2. The number of ether oxygens (including phenoxy) is 4. The van der Waals surface area contributed by atoms with E-state index in [0.717, 1.165) is 120 Å². The molecule has 4 amide bonds. The van der Waals surface area contributed by atoms with Crippen molar-refractivity contribution in [2.75, 3.05) is 44.7 Å². The monoisotopic (exact) mass is 1590 g/mol. The van der Waals surface area contributed by atoms with Crippen LogP contribution in [0.5, 0.6) is 0 Å². The van der Waals surface area contributed by atoms with Crippen LogP contribution in [0.15, 0.2) is 83.3 Å². The molecule has 0 saturated carbocycles. The number of aromatic nitrogens is 11. The normalized spacial score (nSPS) is 14.0. The van der Waals surface area contributed by atoms with Crippen molar-refractivity contribution >= 4 is 126 Å². The van der Waals surface area contributed by atoms with Crippen molar-refractivity contribution in [1.82, 2.24) is 72.3 Å². The molecule has 102 heavy (non-hydrogen) atoms. The van der Waals surface area contributed by atoms with Crippen LogP contribution in [-0.4, -0.2) is 169 Å². The number of halogens is 2. The van der Waals surface area contributed by atoms with E-state index in [2.05, 4.69) is 104 Å². The van der Waals surface area contributed by atoms with Crippen LogP contribution < -0.4 is 16.1 Å². The van der Waals surface area contributed by atoms with Crippen molar-refractivity contribution in [3.05, 3.63) is 133 Å². The van der Waals surface area contributed by atoms with Gasteiger partial charge in [0.15, 0.2) is 0 Å². The summed E-state index contributed by atoms with van der Waals surface area (Å²) in [4.78, 5) is 45.8. The Morgan fingerprint density at radius 1 is 0.637 bits per heavy atom. The first-order valence-corrected chi connectivity index (χ1v) is 44.8. The Bertz CT molecular complexity index is 4070. The Kier molecular flexibility index (Phi) is 30.4. The number of fused-ring (bicyclic) bond motifs is 4. The van der Waals surface area contributed by atoms with Gasteiger partial charge in [0.25, 0.3) is 0 Å². The van der Waals surface area contributed by atoms with E-state index in [1.54, 1.807) is 51.6 Å². The van der Waals surface area contributed by atoms with Gasteiger partial charge in [-0.2, -0.15) is 15.3 Å². The average molecular weight is 1600 g/mol. The van der Waals surface area contributed by atoms with Gasteiger partial charge in [0.1, 0.15) is 41.7 Å². The minimum absolute atomic E-state index is 0. The van der Waals surface area contributed by atoms with Gasteiger partial charge >= 0.3 is 25.3 Å². The highest BCUT2D eigenvalue weighted by atomic mass is 79.9. The van der Waals surface area contributed by atoms with E-state index in [4.69, 9.17) is 35.6 Å². The highest BCUT2D eigenvalue weighted by molar-refractivity contribution is 9.11. The largest absolute Gasteiger partial charge is 0.490 e. The molecule has 0 saturated heterocycles. The molecule has 4 aliphatic rings. The Hall–Kier alpha value is -6.47. The average Bonchev–Trinajstić information content (AvgIpc) is 1.64. The minimum atomic E-state index is -1.58. The summed E-state index contributed by atoms with van der Waals surface area (Å²) >= 11 is 15.0. The molecule has 13 rings (SSSR count). The second-order valence-electron chi connectivity index (χ2n) is 28.7. The minimum Gasteiger partial charge on any atom is -0.444 e. The second kappa shape index (κ2) is 37.5. The van der Waals surface area contributed by atoms with Gasteiger partial charge in [-0.05, 0) is 164 Å². The summed E-state index contributed by atoms with van der Waals surface area (Å²) in [7, 11) is -3.86. The molecule has 0 fully saturated rings. The number of hydrogen-bond acceptors (Lipinski definition) is 21. The zero-order valence-electron chi connectivity index (χ0n) is 58.8. The lowest BCUT2D eigenvalue weighted by Crippen LogP contribution is -2.42. The van der Waals surface area contributed by atoms with Crippen LogP contribution in [0.4, 0.5) is 20.1 Å². The standard InChI is InChI=1S/C20H32N4O3SSi.C18H33BN2O5Si.C16H14ClN5OS.C9H10N4S.C3H2BrNS.2CH4/c1-20(2,3)27-19(25)23-10-8-16-15(13-23)18(17-7-9-21-28-17)22-24(16)14-26-11-12-29(4,5)6;1-18(2,3)26-17(22)20-8-7-16-14(11-20)15(19(23)24)12-21(16)13-25-9-10-27(4,5)6;17-10-2-1-3-11(8-10)19-16(23)22-7-5-13-12(9-22)15(21-20-13)14-4-6-18-24-14;1-3-10-5-6-7(1)12-13-9(6)8-2-4-11-14-8;4-3-1-2-5-6-3;;/h7,9H,8,10-14H2,1-6H3;12,23-24H,7-11,13H2,1-6H3;1-4,6,8H,5,7,9H2,(H,19,23)(H,20,21);2,4,10H,1,3,5H2,(H,12,13);1-2H;2*1H4. The Labute approximate surface area is 631 Å². The fraction of sp³-hybridized carbons (Fsp3) is 0.500. The summed E-state index contributed by atoms with van der Waals surface area (Å²) < 4.78 is 44.0. The van der Waals surface area contributed by atoms with E-state index in [9.17, 15) is 24.4 Å². The summed E-state index contributed by atoms with van der Waals surface area (Å²) in [6, 6.07) is 17.0. The molecule has 0 unspecified atom stereocenters. The number of nitrogens with one attached hydrogen (secondary N) is 4. The Morgan fingerprint density at radius 2 is 1.15 bits per heavy atom. The van der Waals surface area contributed by atoms with E-state index in [-0.39, 0.29) is 33.1 Å². The molecule has 1 aromatic carbocycles. The summed E-state index contributed by atoms with van der Waals surface area (Å²) in [5.41, 5.74) is 11.6. The number of benzene rings is 1. The van der Waals surface area contributed by atoms with E-state index < -0.39 is 34.5 Å². The number of carbonyl (C=O) groups excluding carboxylic acids is 3. The first-order valence-electron chi connectivity index (χ1n) is 33.2. The van der Waals surface area contributed by atoms with Crippen molar-refractivity contribution in [3.8, 4) is 31.7 Å². The maximum Gasteiger partial charge on any atom is 0.490 e. The van der Waals surface area contributed by atoms with Gasteiger partial charge in [0.05, 0.1) is 38.1 Å². The lowest BCUT2D eigenvalue weighted by molar-refractivity contribution is 0.0209. The van der Waals surface area contributed by atoms with Crippen molar-refractivity contribution in [2.45, 2.75) is 184 Å². The van der Waals surface area contributed by atoms with Crippen molar-refractivity contribution in [3.63, 3.8) is 0 Å². The molecular formula is C68H99BBrClN16O9S4Si2. The van der Waals surface area contributed by atoms with Crippen molar-refractivity contribution in [1.29, 1.82) is 0 Å². The highest BCUT2D eigenvalue weighted by Crippen LogP contribution is 2.35. The smallest absolute Gasteiger partial charge is 0.444 e. The Balaban J connectivity index is 0.000000187. The number of H-pyrrole nitrogens is 2. The van der Waals surface area contributed by atoms with Gasteiger partial charge in [0.2, 0.25) is 0 Å². The number of hydrogen-bond donors (Lipinski definition) is 6. The van der Waals surface area contributed by atoms with E-state index in [1.807, 2.05) is 93.4 Å². The number of aromatic amines is 2. The molecule has 0 bridgehead atoms. The van der Waals surface area contributed by atoms with Crippen molar-refractivity contribution in [2.24, 2.45) is 0 Å². The number of anilines is 1. The summed E-state index contributed by atoms with van der Waals surface area (Å²) in [5.74, 6) is 0.